The van der Waals surface area contributed by atoms with Gasteiger partial charge in [-0.15, -0.1) is 21.5 Å². The molecule has 0 aliphatic carbocycles. The normalized spacial score (nSPS) is 18.8. The van der Waals surface area contributed by atoms with Crippen LogP contribution in [0, 0.1) is 12.8 Å². The fourth-order valence-electron chi connectivity index (χ4n) is 15.1. The van der Waals surface area contributed by atoms with E-state index in [-0.39, 0.29) is 112 Å². The van der Waals surface area contributed by atoms with Crippen molar-refractivity contribution in [3.8, 4) is 33.3 Å². The van der Waals surface area contributed by atoms with Gasteiger partial charge in [-0.05, 0) is 137 Å². The number of carbonyl (C=O) groups excluding carboxylic acids is 10. The number of benzene rings is 3. The number of hydrogen-bond donors (Lipinski definition) is 10. The molecule has 5 aliphatic heterocycles. The van der Waals surface area contributed by atoms with Gasteiger partial charge in [-0.1, -0.05) is 68.8 Å². The van der Waals surface area contributed by atoms with Crippen molar-refractivity contribution < 1.29 is 82.1 Å². The number of amides is 11. The SMILES string of the molecule is Cc1ncsc1-c1ccc([C@H](C)NC(=O)[C@@H]2C[C@@H](O)CN2C(=O)[C@@H](c2cc(OCCN3CCC(N4CCN5c6cc(-c7ccccc7O)nnc6N(C(=O)OCc6ccc(NC(=O)[C@H](CCCNC(N)=O)NC(=O)CNC(=O)[C@H](CCC(=O)O)NC(=O)CCCCCN7C(=O)C=CC7=O)cc6)[C@@H](C)[C@@H]5C4)CC3)no2)C(C)C)cc1. The standard InChI is InChI=1S/C79H99N17O17S/c1-46(2)71(77(108)95-42-55(97)38-61(95)76(107)84-47(3)51-18-20-52(21-19-51)72-48(4)83-45-114-72)64-40-67(90-113-64)111-37-36-91-32-28-54(29-33-91)92-34-35-93-60-39-59(56-12-8-9-14-63(56)98)88-89-73(60)96(49(5)62(93)43-92)79(110)112-44-50-16-22-53(23-17-50)85-75(106)57(13-11-30-81-78(80)109)87-66(100)41-82-74(105)58(24-27-70(103)104)86-65(99)15-7-6-10-31-94-68(101)25-26-69(94)102/h8-9,12,14,16-23,25-26,39-40,45-47,49,54-55,57-58,61-62,71,97-98H,6-7,10-11,13,15,24,27-38,41-44H2,1-5H3,(H,82,105)(H,84,107)(H,85,106)(H,86,99)(H,87,100)(H,103,104)(H3,80,81,109)/t47-,49-,55+,57-,58-,61-,62-,71+/m0/s1. The molecule has 3 saturated heterocycles. The number of phenolic OH excluding ortho intramolecular Hbond substituents is 1. The van der Waals surface area contributed by atoms with E-state index in [9.17, 15) is 68.1 Å². The molecular weight excluding hydrogens is 1490 g/mol. The minimum atomic E-state index is -1.33. The highest BCUT2D eigenvalue weighted by Crippen LogP contribution is 2.42. The number of aliphatic hydroxyl groups excluding tert-OH is 1. The highest BCUT2D eigenvalue weighted by Gasteiger charge is 2.47. The van der Waals surface area contributed by atoms with Gasteiger partial charge in [-0.25, -0.2) is 14.6 Å². The van der Waals surface area contributed by atoms with E-state index in [0.29, 0.717) is 79.5 Å². The van der Waals surface area contributed by atoms with Crippen LogP contribution < -0.4 is 52.2 Å². The Bertz CT molecular complexity index is 4460. The summed E-state index contributed by atoms with van der Waals surface area (Å²) in [6, 6.07) is 19.6. The number of imide groups is 1. The smallest absolute Gasteiger partial charge is 0.416 e. The average Bonchev–Trinajstić information content (AvgIpc) is 0.964. The first-order valence-electron chi connectivity index (χ1n) is 38.6. The van der Waals surface area contributed by atoms with Crippen molar-refractivity contribution in [1.82, 2.24) is 66.5 Å². The number of β-amino-alcohol motifs (C(OH)–C–C–N with tert-alkyl or cyclic N) is 1. The molecule has 34 nitrogen and oxygen atoms in total. The number of aromatic nitrogens is 4. The number of nitrogens with one attached hydrogen (secondary N) is 6. The van der Waals surface area contributed by atoms with E-state index < -0.39 is 103 Å². The molecule has 8 atom stereocenters. The Morgan fingerprint density at radius 3 is 2.21 bits per heavy atom. The van der Waals surface area contributed by atoms with Crippen molar-refractivity contribution in [3.63, 3.8) is 0 Å². The molecule has 3 aromatic carbocycles. The second kappa shape index (κ2) is 38.9. The Kier molecular flexibility index (Phi) is 28.5. The monoisotopic (exact) mass is 1590 g/mol. The van der Waals surface area contributed by atoms with Crippen molar-refractivity contribution in [1.29, 1.82) is 0 Å². The van der Waals surface area contributed by atoms with Gasteiger partial charge < -0.3 is 76.8 Å². The maximum atomic E-state index is 14.6. The van der Waals surface area contributed by atoms with Gasteiger partial charge in [-0.3, -0.25) is 62.8 Å². The van der Waals surface area contributed by atoms with Gasteiger partial charge in [0.15, 0.2) is 11.6 Å². The number of phenols is 1. The van der Waals surface area contributed by atoms with Crippen LogP contribution in [0.1, 0.15) is 133 Å². The van der Waals surface area contributed by atoms with Crippen LogP contribution in [0.2, 0.25) is 0 Å². The summed E-state index contributed by atoms with van der Waals surface area (Å²) in [4.78, 5) is 160. The Hall–Kier alpha value is -11.4. The lowest BCUT2D eigenvalue weighted by atomic mass is 9.91. The fraction of sp³-hybridized carbons (Fsp3) is 0.481. The molecule has 11 rings (SSSR count). The lowest BCUT2D eigenvalue weighted by molar-refractivity contribution is -0.141. The van der Waals surface area contributed by atoms with Gasteiger partial charge in [-0.2, -0.15) is 0 Å². The molecule has 0 spiro atoms. The molecule has 5 aliphatic rings. The van der Waals surface area contributed by atoms with Crippen LogP contribution in [0.15, 0.2) is 107 Å². The second-order valence-corrected chi connectivity index (χ2v) is 30.4. The van der Waals surface area contributed by atoms with E-state index in [1.807, 2.05) is 70.5 Å². The van der Waals surface area contributed by atoms with E-state index >= 15 is 0 Å². The molecule has 114 heavy (non-hydrogen) atoms. The number of hydrogen-bond acceptors (Lipinski definition) is 24. The molecule has 35 heteroatoms. The van der Waals surface area contributed by atoms with Crippen molar-refractivity contribution in [2.24, 2.45) is 11.7 Å². The number of carbonyl (C=O) groups is 11. The number of primary amides is 1. The van der Waals surface area contributed by atoms with Crippen LogP contribution in [-0.2, 0) is 54.5 Å². The zero-order valence-electron chi connectivity index (χ0n) is 64.4. The zero-order chi connectivity index (χ0) is 81.3. The zero-order valence-corrected chi connectivity index (χ0v) is 65.2. The summed E-state index contributed by atoms with van der Waals surface area (Å²) in [5.74, 6) is -5.87. The first kappa shape index (κ1) is 83.5. The number of thiazole rings is 1. The Labute approximate surface area is 662 Å². The Morgan fingerprint density at radius 2 is 1.51 bits per heavy atom. The van der Waals surface area contributed by atoms with Crippen LogP contribution in [0.25, 0.3) is 21.7 Å². The van der Waals surface area contributed by atoms with Gasteiger partial charge in [0, 0.05) is 101 Å². The Morgan fingerprint density at radius 1 is 0.781 bits per heavy atom. The number of aliphatic hydroxyl groups is 1. The number of para-hydroxylation sites is 1. The predicted octanol–water partition coefficient (Wildman–Crippen LogP) is 5.25. The highest BCUT2D eigenvalue weighted by atomic mass is 32.1. The lowest BCUT2D eigenvalue weighted by Crippen LogP contribution is -2.66. The number of ether oxygens (including phenoxy) is 2. The number of carboxylic acids is 1. The number of anilines is 3. The maximum Gasteiger partial charge on any atom is 0.416 e. The van der Waals surface area contributed by atoms with Gasteiger partial charge in [0.25, 0.3) is 17.7 Å². The van der Waals surface area contributed by atoms with E-state index in [1.54, 1.807) is 65.9 Å². The number of urea groups is 1. The molecule has 3 fully saturated rings. The van der Waals surface area contributed by atoms with Crippen molar-refractivity contribution >= 4 is 93.9 Å². The third kappa shape index (κ3) is 21.5. The number of aryl methyl sites for hydroxylation is 1. The summed E-state index contributed by atoms with van der Waals surface area (Å²) in [6.45, 7) is 13.4. The quantitative estimate of drug-likeness (QED) is 0.0179. The number of aliphatic carboxylic acids is 1. The second-order valence-electron chi connectivity index (χ2n) is 29.6. The number of nitrogens with two attached hydrogens (primary N) is 1. The number of aromatic hydroxyl groups is 1. The van der Waals surface area contributed by atoms with Crippen molar-refractivity contribution in [2.45, 2.75) is 166 Å². The van der Waals surface area contributed by atoms with E-state index in [4.69, 9.17) is 19.7 Å². The molecule has 0 radical (unpaired) electrons. The number of nitrogens with zero attached hydrogens (tertiary/aromatic N) is 10. The number of unbranched alkanes of at least 4 members (excludes halogenated alkanes) is 2. The average molecular weight is 1590 g/mol. The fourth-order valence-corrected chi connectivity index (χ4v) is 15.9. The van der Waals surface area contributed by atoms with E-state index in [0.717, 1.165) is 59.1 Å². The maximum absolute atomic E-state index is 14.6. The number of rotatable bonds is 35. The summed E-state index contributed by atoms with van der Waals surface area (Å²) < 4.78 is 18.0. The summed E-state index contributed by atoms with van der Waals surface area (Å²) in [5, 5.41) is 60.3. The minimum Gasteiger partial charge on any atom is -0.507 e. The molecule has 8 heterocycles. The molecule has 6 aromatic rings. The lowest BCUT2D eigenvalue weighted by Gasteiger charge is -2.53. The van der Waals surface area contributed by atoms with Crippen molar-refractivity contribution in [3.05, 3.63) is 125 Å². The minimum absolute atomic E-state index is 0.00156. The van der Waals surface area contributed by atoms with Crippen LogP contribution in [0.4, 0.5) is 26.8 Å². The van der Waals surface area contributed by atoms with Crippen LogP contribution in [-0.4, -0.2) is 235 Å². The summed E-state index contributed by atoms with van der Waals surface area (Å²) in [6.07, 6.45) is 3.21. The molecule has 11 amide bonds. The van der Waals surface area contributed by atoms with Gasteiger partial charge in [0.2, 0.25) is 35.4 Å². The summed E-state index contributed by atoms with van der Waals surface area (Å²) in [5.41, 5.74) is 12.3. The van der Waals surface area contributed by atoms with Crippen LogP contribution in [0.5, 0.6) is 11.6 Å². The predicted molar refractivity (Wildman–Crippen MR) is 418 cm³/mol. The number of fused-ring (bicyclic) bond motifs is 3. The van der Waals surface area contributed by atoms with Crippen molar-refractivity contribution in [2.75, 3.05) is 87.2 Å². The third-order valence-electron chi connectivity index (χ3n) is 21.3. The molecule has 11 N–H and O–H groups in total. The van der Waals surface area contributed by atoms with Crippen LogP contribution >= 0.6 is 11.3 Å². The largest absolute Gasteiger partial charge is 0.507 e. The topological polar surface area (TPSA) is 449 Å². The highest BCUT2D eigenvalue weighted by molar-refractivity contribution is 7.13. The number of likely N-dealkylation sites (tertiary alicyclic amines) is 2. The molecule has 608 valence electrons. The molecule has 0 saturated carbocycles. The summed E-state index contributed by atoms with van der Waals surface area (Å²) in [7, 11) is 0. The van der Waals surface area contributed by atoms with E-state index in [1.165, 1.54) is 22.0 Å². The Balaban J connectivity index is 0.659. The number of piperidine rings is 1. The molecular formula is C79H99N17O17S. The van der Waals surface area contributed by atoms with Gasteiger partial charge in [0.05, 0.1) is 58.2 Å². The number of carboxylic acid groups (broad SMARTS) is 1. The van der Waals surface area contributed by atoms with Gasteiger partial charge in [0.1, 0.15) is 43.0 Å². The first-order chi connectivity index (χ1) is 54.8. The van der Waals surface area contributed by atoms with Gasteiger partial charge >= 0.3 is 18.1 Å². The molecule has 3 aromatic heterocycles. The third-order valence-corrected chi connectivity index (χ3v) is 22.3. The summed E-state index contributed by atoms with van der Waals surface area (Å²) >= 11 is 1.57. The van der Waals surface area contributed by atoms with E-state index in [2.05, 4.69) is 66.9 Å². The van der Waals surface area contributed by atoms with Crippen LogP contribution in [0.3, 0.4) is 0 Å². The molecule has 0 bridgehead atoms. The first-order valence-corrected chi connectivity index (χ1v) is 39.4. The molecule has 0 unspecified atom stereocenters. The number of piperazine rings is 1.